The third-order valence-corrected chi connectivity index (χ3v) is 3.58. The number of piperidine rings is 1. The van der Waals surface area contributed by atoms with E-state index in [1.165, 1.54) is 30.4 Å². The van der Waals surface area contributed by atoms with E-state index in [0.717, 1.165) is 18.8 Å². The Morgan fingerprint density at radius 1 is 1.22 bits per heavy atom. The third kappa shape index (κ3) is 3.24. The number of aryl methyl sites for hydroxylation is 1. The van der Waals surface area contributed by atoms with Gasteiger partial charge in [0.25, 0.3) is 0 Å². The Morgan fingerprint density at radius 3 is 2.61 bits per heavy atom. The molecule has 1 N–H and O–H groups in total. The highest BCUT2D eigenvalue weighted by Crippen LogP contribution is 2.26. The van der Waals surface area contributed by atoms with Crippen LogP contribution in [0.2, 0.25) is 0 Å². The zero-order valence-electron chi connectivity index (χ0n) is 11.7. The molecule has 1 saturated heterocycles. The van der Waals surface area contributed by atoms with Gasteiger partial charge in [0.1, 0.15) is 5.75 Å². The van der Waals surface area contributed by atoms with E-state index in [0.29, 0.717) is 0 Å². The van der Waals surface area contributed by atoms with Crippen LogP contribution in [0.1, 0.15) is 43.4 Å². The lowest BCUT2D eigenvalue weighted by Crippen LogP contribution is -2.42. The highest BCUT2D eigenvalue weighted by atomic mass is 16.5. The minimum absolute atomic E-state index is 0.290. The summed E-state index contributed by atoms with van der Waals surface area (Å²) in [4.78, 5) is 0. The first-order chi connectivity index (χ1) is 8.70. The molecule has 0 saturated carbocycles. The highest BCUT2D eigenvalue weighted by Gasteiger charge is 2.16. The number of methoxy groups -OCH3 is 1. The van der Waals surface area contributed by atoms with E-state index >= 15 is 0 Å². The van der Waals surface area contributed by atoms with E-state index in [9.17, 15) is 0 Å². The minimum Gasteiger partial charge on any atom is -0.496 e. The minimum atomic E-state index is 0.290. The fourth-order valence-corrected chi connectivity index (χ4v) is 2.56. The van der Waals surface area contributed by atoms with Crippen molar-refractivity contribution in [2.45, 2.75) is 39.2 Å². The number of hydrogen-bond donors (Lipinski definition) is 1. The van der Waals surface area contributed by atoms with Gasteiger partial charge in [-0.15, -0.1) is 0 Å². The van der Waals surface area contributed by atoms with E-state index in [1.807, 2.05) is 0 Å². The number of nitrogens with one attached hydrogen (secondary N) is 1. The number of rotatable bonds is 4. The van der Waals surface area contributed by atoms with Crippen LogP contribution in [0.3, 0.4) is 0 Å². The van der Waals surface area contributed by atoms with Crippen LogP contribution < -0.4 is 10.2 Å². The molecular weight excluding hydrogens is 224 g/mol. The maximum Gasteiger partial charge on any atom is 0.123 e. The van der Waals surface area contributed by atoms with Crippen molar-refractivity contribution < 1.29 is 4.74 Å². The van der Waals surface area contributed by atoms with Gasteiger partial charge in [0.05, 0.1) is 7.11 Å². The molecule has 3 nitrogen and oxygen atoms in total. The molecule has 0 spiro atoms. The first kappa shape index (κ1) is 13.4. The first-order valence-electron chi connectivity index (χ1n) is 6.86. The van der Waals surface area contributed by atoms with Crippen LogP contribution in [0.5, 0.6) is 5.75 Å². The molecule has 1 unspecified atom stereocenters. The number of ether oxygens (including phenoxy) is 1. The Bertz CT molecular complexity index is 386. The second-order valence-corrected chi connectivity index (χ2v) is 5.14. The van der Waals surface area contributed by atoms with Crippen molar-refractivity contribution in [3.05, 3.63) is 29.3 Å². The number of nitrogens with zero attached hydrogens (tertiary/aromatic N) is 1. The van der Waals surface area contributed by atoms with Crippen LogP contribution in [0.4, 0.5) is 0 Å². The molecule has 1 aromatic rings. The number of hydrogen-bond acceptors (Lipinski definition) is 3. The topological polar surface area (TPSA) is 24.5 Å². The molecule has 2 rings (SSSR count). The van der Waals surface area contributed by atoms with Crippen molar-refractivity contribution in [1.29, 1.82) is 0 Å². The quantitative estimate of drug-likeness (QED) is 0.886. The lowest BCUT2D eigenvalue weighted by atomic mass is 10.0. The molecule has 0 radical (unpaired) electrons. The van der Waals surface area contributed by atoms with Crippen molar-refractivity contribution >= 4 is 0 Å². The molecule has 0 aliphatic carbocycles. The highest BCUT2D eigenvalue weighted by molar-refractivity contribution is 5.38. The second kappa shape index (κ2) is 6.21. The van der Waals surface area contributed by atoms with Gasteiger partial charge in [-0.1, -0.05) is 24.1 Å². The molecule has 3 heteroatoms. The zero-order chi connectivity index (χ0) is 13.0. The molecule has 1 aliphatic rings. The summed E-state index contributed by atoms with van der Waals surface area (Å²) < 4.78 is 5.45. The Morgan fingerprint density at radius 2 is 1.94 bits per heavy atom. The van der Waals surface area contributed by atoms with Crippen LogP contribution in [0.25, 0.3) is 0 Å². The predicted octanol–water partition coefficient (Wildman–Crippen LogP) is 3.06. The monoisotopic (exact) mass is 248 g/mol. The largest absolute Gasteiger partial charge is 0.496 e. The van der Waals surface area contributed by atoms with E-state index in [2.05, 4.69) is 42.5 Å². The van der Waals surface area contributed by atoms with Crippen molar-refractivity contribution in [3.8, 4) is 5.75 Å². The summed E-state index contributed by atoms with van der Waals surface area (Å²) in [6.07, 6.45) is 3.95. The van der Waals surface area contributed by atoms with Crippen LogP contribution in [-0.2, 0) is 0 Å². The molecular formula is C15H24N2O. The Hall–Kier alpha value is -1.06. The summed E-state index contributed by atoms with van der Waals surface area (Å²) in [5.41, 5.74) is 6.11. The van der Waals surface area contributed by atoms with Crippen LogP contribution in [0, 0.1) is 6.92 Å². The SMILES string of the molecule is COc1ccc(C)cc1C(C)NN1CCCCC1. The Balaban J connectivity index is 2.07. The normalized spacial score (nSPS) is 18.6. The average molecular weight is 248 g/mol. The molecule has 1 heterocycles. The summed E-state index contributed by atoms with van der Waals surface area (Å²) in [7, 11) is 1.74. The summed E-state index contributed by atoms with van der Waals surface area (Å²) in [6.45, 7) is 6.62. The van der Waals surface area contributed by atoms with Crippen LogP contribution in [-0.4, -0.2) is 25.2 Å². The standard InChI is InChI=1S/C15H24N2O/c1-12-7-8-15(18-3)14(11-12)13(2)16-17-9-5-4-6-10-17/h7-8,11,13,16H,4-6,9-10H2,1-3H3. The van der Waals surface area contributed by atoms with E-state index < -0.39 is 0 Å². The molecule has 0 amide bonds. The van der Waals surface area contributed by atoms with Crippen molar-refractivity contribution in [1.82, 2.24) is 10.4 Å². The van der Waals surface area contributed by atoms with Crippen molar-refractivity contribution in [3.63, 3.8) is 0 Å². The van der Waals surface area contributed by atoms with Crippen LogP contribution in [0.15, 0.2) is 18.2 Å². The Labute approximate surface area is 110 Å². The number of benzene rings is 1. The smallest absolute Gasteiger partial charge is 0.123 e. The van der Waals surface area contributed by atoms with E-state index in [-0.39, 0.29) is 6.04 Å². The molecule has 0 bridgehead atoms. The molecule has 0 aromatic heterocycles. The lowest BCUT2D eigenvalue weighted by molar-refractivity contribution is 0.132. The molecule has 1 atom stereocenters. The molecule has 1 aliphatic heterocycles. The van der Waals surface area contributed by atoms with Gasteiger partial charge in [-0.3, -0.25) is 0 Å². The van der Waals surface area contributed by atoms with Crippen molar-refractivity contribution in [2.24, 2.45) is 0 Å². The second-order valence-electron chi connectivity index (χ2n) is 5.14. The third-order valence-electron chi connectivity index (χ3n) is 3.58. The average Bonchev–Trinajstić information content (AvgIpc) is 2.40. The lowest BCUT2D eigenvalue weighted by Gasteiger charge is -2.31. The van der Waals surface area contributed by atoms with Gasteiger partial charge in [0.15, 0.2) is 0 Å². The summed E-state index contributed by atoms with van der Waals surface area (Å²) >= 11 is 0. The molecule has 1 fully saturated rings. The van der Waals surface area contributed by atoms with Gasteiger partial charge < -0.3 is 4.74 Å². The van der Waals surface area contributed by atoms with E-state index in [4.69, 9.17) is 4.74 Å². The Kier molecular flexibility index (Phi) is 4.61. The summed E-state index contributed by atoms with van der Waals surface area (Å²) in [5.74, 6) is 0.970. The first-order valence-corrected chi connectivity index (χ1v) is 6.86. The predicted molar refractivity (Wildman–Crippen MR) is 74.7 cm³/mol. The van der Waals surface area contributed by atoms with Crippen LogP contribution >= 0.6 is 0 Å². The van der Waals surface area contributed by atoms with Gasteiger partial charge in [-0.2, -0.15) is 0 Å². The molecule has 100 valence electrons. The fraction of sp³-hybridized carbons (Fsp3) is 0.600. The fourth-order valence-electron chi connectivity index (χ4n) is 2.56. The zero-order valence-corrected chi connectivity index (χ0v) is 11.7. The maximum absolute atomic E-state index is 5.45. The molecule has 18 heavy (non-hydrogen) atoms. The van der Waals surface area contributed by atoms with Gasteiger partial charge in [-0.05, 0) is 32.8 Å². The van der Waals surface area contributed by atoms with E-state index in [1.54, 1.807) is 7.11 Å². The van der Waals surface area contributed by atoms with Gasteiger partial charge in [0, 0.05) is 24.7 Å². The van der Waals surface area contributed by atoms with Crippen molar-refractivity contribution in [2.75, 3.05) is 20.2 Å². The summed E-state index contributed by atoms with van der Waals surface area (Å²) in [6, 6.07) is 6.65. The maximum atomic E-state index is 5.45. The number of hydrazine groups is 1. The van der Waals surface area contributed by atoms with Gasteiger partial charge >= 0.3 is 0 Å². The van der Waals surface area contributed by atoms with Gasteiger partial charge in [-0.25, -0.2) is 10.4 Å². The molecule has 1 aromatic carbocycles. The van der Waals surface area contributed by atoms with Gasteiger partial charge in [0.2, 0.25) is 0 Å². The summed E-state index contributed by atoms with van der Waals surface area (Å²) in [5, 5.41) is 2.34.